The van der Waals surface area contributed by atoms with Gasteiger partial charge in [0.15, 0.2) is 0 Å². The number of nitrogen functional groups attached to an aromatic ring is 1. The summed E-state index contributed by atoms with van der Waals surface area (Å²) in [6.45, 7) is 5.62. The predicted octanol–water partition coefficient (Wildman–Crippen LogP) is 4.23. The SMILES string of the molecule is CCC1(c2cccc(N)c2N=N)C(C)CCCC1CNC. The van der Waals surface area contributed by atoms with Crippen molar-refractivity contribution in [3.63, 3.8) is 0 Å². The summed E-state index contributed by atoms with van der Waals surface area (Å²) in [5, 5.41) is 7.13. The molecule has 1 aliphatic rings. The Labute approximate surface area is 128 Å². The number of para-hydroxylation sites is 1. The first-order valence-electron chi connectivity index (χ1n) is 8.02. The summed E-state index contributed by atoms with van der Waals surface area (Å²) >= 11 is 0. The average molecular weight is 288 g/mol. The lowest BCUT2D eigenvalue weighted by atomic mass is 9.55. The molecule has 1 aromatic rings. The van der Waals surface area contributed by atoms with Gasteiger partial charge >= 0.3 is 0 Å². The number of benzene rings is 1. The molecule has 1 aliphatic carbocycles. The molecule has 116 valence electrons. The predicted molar refractivity (Wildman–Crippen MR) is 88.1 cm³/mol. The lowest BCUT2D eigenvalue weighted by Gasteiger charge is -2.49. The van der Waals surface area contributed by atoms with Gasteiger partial charge in [-0.15, -0.1) is 0 Å². The zero-order chi connectivity index (χ0) is 15.5. The first-order chi connectivity index (χ1) is 10.1. The summed E-state index contributed by atoms with van der Waals surface area (Å²) in [6, 6.07) is 5.99. The van der Waals surface area contributed by atoms with E-state index in [0.717, 1.165) is 13.0 Å². The van der Waals surface area contributed by atoms with Crippen molar-refractivity contribution in [1.82, 2.24) is 5.32 Å². The highest BCUT2D eigenvalue weighted by atomic mass is 15.0. The summed E-state index contributed by atoms with van der Waals surface area (Å²) in [7, 11) is 2.02. The third-order valence-electron chi connectivity index (χ3n) is 5.51. The molecular formula is C17H28N4. The summed E-state index contributed by atoms with van der Waals surface area (Å²) < 4.78 is 0. The van der Waals surface area contributed by atoms with Gasteiger partial charge in [0.1, 0.15) is 5.69 Å². The van der Waals surface area contributed by atoms with Gasteiger partial charge in [-0.25, -0.2) is 5.53 Å². The highest BCUT2D eigenvalue weighted by molar-refractivity contribution is 5.68. The Morgan fingerprint density at radius 1 is 1.43 bits per heavy atom. The smallest absolute Gasteiger partial charge is 0.112 e. The lowest BCUT2D eigenvalue weighted by Crippen LogP contribution is -2.47. The van der Waals surface area contributed by atoms with Gasteiger partial charge in [0.25, 0.3) is 0 Å². The van der Waals surface area contributed by atoms with E-state index in [0.29, 0.717) is 23.2 Å². The average Bonchev–Trinajstić information content (AvgIpc) is 2.48. The highest BCUT2D eigenvalue weighted by Crippen LogP contribution is 2.53. The third-order valence-corrected chi connectivity index (χ3v) is 5.51. The molecule has 0 heterocycles. The number of anilines is 1. The van der Waals surface area contributed by atoms with Crippen LogP contribution in [-0.2, 0) is 5.41 Å². The van der Waals surface area contributed by atoms with Crippen molar-refractivity contribution in [2.75, 3.05) is 19.3 Å². The molecule has 21 heavy (non-hydrogen) atoms. The number of rotatable bonds is 5. The van der Waals surface area contributed by atoms with Crippen LogP contribution in [0.15, 0.2) is 23.3 Å². The second-order valence-electron chi connectivity index (χ2n) is 6.34. The van der Waals surface area contributed by atoms with Crippen molar-refractivity contribution >= 4 is 11.4 Å². The summed E-state index contributed by atoms with van der Waals surface area (Å²) in [5.41, 5.74) is 16.2. The van der Waals surface area contributed by atoms with E-state index >= 15 is 0 Å². The van der Waals surface area contributed by atoms with E-state index in [-0.39, 0.29) is 5.41 Å². The quantitative estimate of drug-likeness (QED) is 0.560. The molecule has 0 saturated heterocycles. The van der Waals surface area contributed by atoms with Crippen molar-refractivity contribution < 1.29 is 0 Å². The van der Waals surface area contributed by atoms with Crippen LogP contribution in [-0.4, -0.2) is 13.6 Å². The van der Waals surface area contributed by atoms with E-state index in [9.17, 15) is 0 Å². The topological polar surface area (TPSA) is 74.3 Å². The van der Waals surface area contributed by atoms with Crippen LogP contribution in [0.2, 0.25) is 0 Å². The molecule has 0 spiro atoms. The number of nitrogens with two attached hydrogens (primary N) is 1. The maximum atomic E-state index is 7.57. The van der Waals surface area contributed by atoms with Gasteiger partial charge in [0, 0.05) is 5.41 Å². The number of hydrogen-bond donors (Lipinski definition) is 3. The van der Waals surface area contributed by atoms with Crippen molar-refractivity contribution in [2.24, 2.45) is 17.0 Å². The molecule has 1 saturated carbocycles. The molecule has 4 nitrogen and oxygen atoms in total. The van der Waals surface area contributed by atoms with E-state index in [4.69, 9.17) is 11.3 Å². The van der Waals surface area contributed by atoms with E-state index in [1.54, 1.807) is 0 Å². The molecule has 4 N–H and O–H groups in total. The van der Waals surface area contributed by atoms with E-state index in [2.05, 4.69) is 30.3 Å². The minimum atomic E-state index is 0.0660. The minimum Gasteiger partial charge on any atom is -0.397 e. The molecule has 2 rings (SSSR count). The standard InChI is InChI=1S/C17H28N4/c1-4-17(12(2)7-5-8-13(17)11-20-3)14-9-6-10-15(18)16(14)21-19/h6,9-10,12-13,19-20H,4-5,7-8,11,18H2,1-3H3. The lowest BCUT2D eigenvalue weighted by molar-refractivity contribution is 0.110. The summed E-state index contributed by atoms with van der Waals surface area (Å²) in [5.74, 6) is 1.15. The number of nitrogens with one attached hydrogen (secondary N) is 2. The van der Waals surface area contributed by atoms with Crippen LogP contribution >= 0.6 is 0 Å². The Kier molecular flexibility index (Phi) is 4.99. The molecule has 1 fully saturated rings. The van der Waals surface area contributed by atoms with Crippen LogP contribution in [0.25, 0.3) is 0 Å². The first-order valence-corrected chi connectivity index (χ1v) is 8.02. The van der Waals surface area contributed by atoms with Gasteiger partial charge < -0.3 is 11.1 Å². The van der Waals surface area contributed by atoms with Crippen LogP contribution in [0.5, 0.6) is 0 Å². The second kappa shape index (κ2) is 6.56. The minimum absolute atomic E-state index is 0.0660. The van der Waals surface area contributed by atoms with Gasteiger partial charge in [-0.05, 0) is 56.3 Å². The van der Waals surface area contributed by atoms with Crippen LogP contribution in [0.1, 0.15) is 45.1 Å². The van der Waals surface area contributed by atoms with Crippen molar-refractivity contribution in [3.8, 4) is 0 Å². The molecule has 0 radical (unpaired) electrons. The molecule has 0 aromatic heterocycles. The molecule has 3 unspecified atom stereocenters. The molecule has 3 atom stereocenters. The third kappa shape index (κ3) is 2.57. The normalized spacial score (nSPS) is 29.3. The molecule has 0 bridgehead atoms. The molecule has 0 amide bonds. The van der Waals surface area contributed by atoms with Crippen molar-refractivity contribution in [1.29, 1.82) is 5.53 Å². The maximum absolute atomic E-state index is 7.57. The Bertz CT molecular complexity index is 498. The first kappa shape index (κ1) is 16.0. The zero-order valence-corrected chi connectivity index (χ0v) is 13.4. The maximum Gasteiger partial charge on any atom is 0.112 e. The van der Waals surface area contributed by atoms with Crippen LogP contribution < -0.4 is 11.1 Å². The second-order valence-corrected chi connectivity index (χ2v) is 6.34. The Hall–Kier alpha value is -1.42. The summed E-state index contributed by atoms with van der Waals surface area (Å²) in [6.07, 6.45) is 4.81. The molecular weight excluding hydrogens is 260 g/mol. The van der Waals surface area contributed by atoms with Gasteiger partial charge in [-0.2, -0.15) is 5.11 Å². The van der Waals surface area contributed by atoms with Crippen LogP contribution in [0, 0.1) is 17.4 Å². The monoisotopic (exact) mass is 288 g/mol. The van der Waals surface area contributed by atoms with Gasteiger partial charge in [-0.3, -0.25) is 0 Å². The number of nitrogens with zero attached hydrogens (tertiary/aromatic N) is 1. The fourth-order valence-corrected chi connectivity index (χ4v) is 4.49. The Morgan fingerprint density at radius 2 is 2.19 bits per heavy atom. The number of hydrogen-bond acceptors (Lipinski definition) is 4. The van der Waals surface area contributed by atoms with Crippen molar-refractivity contribution in [2.45, 2.75) is 44.9 Å². The largest absolute Gasteiger partial charge is 0.397 e. The van der Waals surface area contributed by atoms with Gasteiger partial charge in [0.05, 0.1) is 5.69 Å². The van der Waals surface area contributed by atoms with Crippen molar-refractivity contribution in [3.05, 3.63) is 23.8 Å². The fourth-order valence-electron chi connectivity index (χ4n) is 4.49. The van der Waals surface area contributed by atoms with Crippen LogP contribution in [0.3, 0.4) is 0 Å². The van der Waals surface area contributed by atoms with E-state index < -0.39 is 0 Å². The highest BCUT2D eigenvalue weighted by Gasteiger charge is 2.46. The molecule has 4 heteroatoms. The van der Waals surface area contributed by atoms with Gasteiger partial charge in [-0.1, -0.05) is 32.4 Å². The summed E-state index contributed by atoms with van der Waals surface area (Å²) in [4.78, 5) is 0. The van der Waals surface area contributed by atoms with E-state index in [1.807, 2.05) is 19.2 Å². The Morgan fingerprint density at radius 3 is 2.81 bits per heavy atom. The molecule has 1 aromatic carbocycles. The Balaban J connectivity index is 2.61. The molecule has 0 aliphatic heterocycles. The fraction of sp³-hybridized carbons (Fsp3) is 0.647. The zero-order valence-electron chi connectivity index (χ0n) is 13.4. The van der Waals surface area contributed by atoms with E-state index in [1.165, 1.54) is 24.8 Å². The van der Waals surface area contributed by atoms with Crippen LogP contribution in [0.4, 0.5) is 11.4 Å². The van der Waals surface area contributed by atoms with Gasteiger partial charge in [0.2, 0.25) is 0 Å².